The van der Waals surface area contributed by atoms with Gasteiger partial charge in [-0.15, -0.1) is 0 Å². The first kappa shape index (κ1) is 13.2. The Morgan fingerprint density at radius 3 is 2.82 bits per heavy atom. The molecule has 0 spiro atoms. The van der Waals surface area contributed by atoms with Gasteiger partial charge in [0, 0.05) is 11.5 Å². The van der Waals surface area contributed by atoms with Crippen LogP contribution in [0.2, 0.25) is 0 Å². The van der Waals surface area contributed by atoms with Crippen molar-refractivity contribution in [1.82, 2.24) is 14.8 Å². The third kappa shape index (κ3) is 2.32. The summed E-state index contributed by atoms with van der Waals surface area (Å²) in [5, 5.41) is 19.4. The number of nitrogens with zero attached hydrogens (tertiary/aromatic N) is 3. The monoisotopic (exact) mass is 255 g/mol. The Balaban J connectivity index is 0.00000108. The van der Waals surface area contributed by atoms with E-state index < -0.39 is 5.97 Å². The smallest absolute Gasteiger partial charge is 0.545 e. The van der Waals surface area contributed by atoms with E-state index in [2.05, 4.69) is 10.2 Å². The molecule has 2 aromatic heterocycles. The summed E-state index contributed by atoms with van der Waals surface area (Å²) in [4.78, 5) is 11.1. The van der Waals surface area contributed by atoms with Crippen LogP contribution in [-0.4, -0.2) is 20.8 Å². The summed E-state index contributed by atoms with van der Waals surface area (Å²) in [5.74, 6) is -0.890. The Morgan fingerprint density at radius 2 is 2.24 bits per heavy atom. The number of carboxylic acid groups (broad SMARTS) is 1. The van der Waals surface area contributed by atoms with E-state index in [1.54, 1.807) is 12.3 Å². The second kappa shape index (κ2) is 4.77. The third-order valence-corrected chi connectivity index (χ3v) is 2.83. The van der Waals surface area contributed by atoms with Gasteiger partial charge in [-0.2, -0.15) is 14.8 Å². The number of aromatic nitrogens is 3. The van der Waals surface area contributed by atoms with Crippen LogP contribution in [0, 0.1) is 6.92 Å². The van der Waals surface area contributed by atoms with E-state index in [1.165, 1.54) is 4.63 Å². The quantitative estimate of drug-likeness (QED) is 0.547. The van der Waals surface area contributed by atoms with E-state index in [9.17, 15) is 9.90 Å². The van der Waals surface area contributed by atoms with Crippen LogP contribution in [0.3, 0.4) is 0 Å². The topological polar surface area (TPSA) is 70.3 Å². The molecule has 0 aliphatic heterocycles. The first-order valence-electron chi connectivity index (χ1n) is 5.23. The van der Waals surface area contributed by atoms with Crippen LogP contribution in [0.4, 0.5) is 0 Å². The first-order chi connectivity index (χ1) is 7.66. The number of carbonyl (C=O) groups is 1. The number of fused-ring (bicyclic) bond motifs is 1. The maximum atomic E-state index is 11.1. The van der Waals surface area contributed by atoms with Gasteiger partial charge in [0.15, 0.2) is 0 Å². The summed E-state index contributed by atoms with van der Waals surface area (Å²) in [6.45, 7) is 1.87. The van der Waals surface area contributed by atoms with Crippen molar-refractivity contribution in [2.24, 2.45) is 0 Å². The van der Waals surface area contributed by atoms with Gasteiger partial charge >= 0.3 is 51.4 Å². The van der Waals surface area contributed by atoms with Crippen LogP contribution in [0.5, 0.6) is 0 Å². The van der Waals surface area contributed by atoms with E-state index >= 15 is 0 Å². The standard InChI is InChI=1S/C11H11N3O2.K/c1-6-4-8-9(11(15)16)10(7-2-3-7)13-14(8)12-5-6;/h4-5,7H,2-3H2,1H3,(H,15,16);/q;+1/p-1. The van der Waals surface area contributed by atoms with Crippen molar-refractivity contribution in [2.75, 3.05) is 0 Å². The molecule has 17 heavy (non-hydrogen) atoms. The Kier molecular flexibility index (Phi) is 3.70. The summed E-state index contributed by atoms with van der Waals surface area (Å²) in [6, 6.07) is 1.77. The fourth-order valence-electron chi connectivity index (χ4n) is 1.91. The van der Waals surface area contributed by atoms with Crippen molar-refractivity contribution in [3.8, 4) is 0 Å². The predicted octanol–water partition coefficient (Wildman–Crippen LogP) is -2.72. The first-order valence-corrected chi connectivity index (χ1v) is 5.23. The zero-order valence-corrected chi connectivity index (χ0v) is 12.9. The molecule has 0 saturated heterocycles. The molecule has 3 rings (SSSR count). The zero-order chi connectivity index (χ0) is 11.3. The Hall–Kier alpha value is -0.274. The molecule has 6 heteroatoms. The average molecular weight is 255 g/mol. The number of carboxylic acids is 1. The molecule has 2 heterocycles. The maximum absolute atomic E-state index is 11.1. The van der Waals surface area contributed by atoms with Crippen LogP contribution in [-0.2, 0) is 0 Å². The van der Waals surface area contributed by atoms with E-state index in [1.807, 2.05) is 6.92 Å². The number of hydrogen-bond donors (Lipinski definition) is 0. The number of carbonyl (C=O) groups excluding carboxylic acids is 1. The van der Waals surface area contributed by atoms with Gasteiger partial charge in [-0.05, 0) is 31.4 Å². The van der Waals surface area contributed by atoms with Gasteiger partial charge < -0.3 is 9.90 Å². The van der Waals surface area contributed by atoms with Gasteiger partial charge in [-0.3, -0.25) is 0 Å². The van der Waals surface area contributed by atoms with Gasteiger partial charge in [0.25, 0.3) is 0 Å². The Bertz CT molecular complexity index is 590. The molecule has 82 valence electrons. The van der Waals surface area contributed by atoms with Crippen LogP contribution < -0.4 is 56.5 Å². The molecule has 5 nitrogen and oxygen atoms in total. The molecule has 0 atom stereocenters. The van der Waals surface area contributed by atoms with Crippen LogP contribution in [0.25, 0.3) is 5.52 Å². The number of rotatable bonds is 2. The molecule has 2 aromatic rings. The Morgan fingerprint density at radius 1 is 1.53 bits per heavy atom. The van der Waals surface area contributed by atoms with Crippen molar-refractivity contribution < 1.29 is 61.3 Å². The van der Waals surface area contributed by atoms with Gasteiger partial charge in [0.2, 0.25) is 0 Å². The molecule has 0 amide bonds. The van der Waals surface area contributed by atoms with Gasteiger partial charge in [-0.25, -0.2) is 0 Å². The van der Waals surface area contributed by atoms with E-state index in [0.717, 1.165) is 18.4 Å². The van der Waals surface area contributed by atoms with Crippen LogP contribution in [0.1, 0.15) is 40.4 Å². The fourth-order valence-corrected chi connectivity index (χ4v) is 1.91. The van der Waals surface area contributed by atoms with E-state index in [0.29, 0.717) is 11.2 Å². The molecular weight excluding hydrogens is 245 g/mol. The summed E-state index contributed by atoms with van der Waals surface area (Å²) < 4.78 is 1.38. The molecule has 0 radical (unpaired) electrons. The summed E-state index contributed by atoms with van der Waals surface area (Å²) in [5.41, 5.74) is 2.27. The molecule has 1 aliphatic carbocycles. The normalized spacial score (nSPS) is 14.6. The van der Waals surface area contributed by atoms with Crippen molar-refractivity contribution in [1.29, 1.82) is 0 Å². The molecule has 0 N–H and O–H groups in total. The molecule has 0 unspecified atom stereocenters. The van der Waals surface area contributed by atoms with Gasteiger partial charge in [0.05, 0.1) is 23.4 Å². The van der Waals surface area contributed by atoms with Crippen molar-refractivity contribution in [3.05, 3.63) is 29.1 Å². The SMILES string of the molecule is Cc1cnn2nc(C3CC3)c(C(=O)[O-])c2c1.[K+]. The molecule has 1 aliphatic rings. The van der Waals surface area contributed by atoms with Gasteiger partial charge in [0.1, 0.15) is 0 Å². The second-order valence-corrected chi connectivity index (χ2v) is 4.23. The average Bonchev–Trinajstić information content (AvgIpc) is 2.99. The summed E-state index contributed by atoms with van der Waals surface area (Å²) in [6.07, 6.45) is 3.67. The van der Waals surface area contributed by atoms with Crippen LogP contribution >= 0.6 is 0 Å². The molecule has 1 fully saturated rings. The second-order valence-electron chi connectivity index (χ2n) is 4.23. The number of hydrogen-bond acceptors (Lipinski definition) is 4. The summed E-state index contributed by atoms with van der Waals surface area (Å²) in [7, 11) is 0. The van der Waals surface area contributed by atoms with Crippen molar-refractivity contribution in [3.63, 3.8) is 0 Å². The minimum Gasteiger partial charge on any atom is -0.545 e. The zero-order valence-electron chi connectivity index (χ0n) is 9.80. The third-order valence-electron chi connectivity index (χ3n) is 2.83. The molecule has 1 saturated carbocycles. The predicted molar refractivity (Wildman–Crippen MR) is 54.0 cm³/mol. The fraction of sp³-hybridized carbons (Fsp3) is 0.364. The molecule has 0 aromatic carbocycles. The van der Waals surface area contributed by atoms with Crippen molar-refractivity contribution >= 4 is 11.5 Å². The van der Waals surface area contributed by atoms with E-state index in [-0.39, 0.29) is 62.9 Å². The number of aromatic carboxylic acids is 1. The molecular formula is C11H10KN3O2. The number of aryl methyl sites for hydroxylation is 1. The Labute approximate surface area is 141 Å². The minimum atomic E-state index is -1.16. The van der Waals surface area contributed by atoms with Crippen LogP contribution in [0.15, 0.2) is 12.3 Å². The van der Waals surface area contributed by atoms with Crippen molar-refractivity contribution in [2.45, 2.75) is 25.7 Å². The maximum Gasteiger partial charge on any atom is 1.00 e. The van der Waals surface area contributed by atoms with Gasteiger partial charge in [-0.1, -0.05) is 0 Å². The van der Waals surface area contributed by atoms with E-state index in [4.69, 9.17) is 0 Å². The molecule has 0 bridgehead atoms. The summed E-state index contributed by atoms with van der Waals surface area (Å²) >= 11 is 0. The largest absolute Gasteiger partial charge is 1.00 e. The minimum absolute atomic E-state index is 0.